The average Bonchev–Trinajstić information content (AvgIpc) is 3.34. The first-order chi connectivity index (χ1) is 13.3. The quantitative estimate of drug-likeness (QED) is 0.570. The lowest BCUT2D eigenvalue weighted by Crippen LogP contribution is -2.31. The number of benzene rings is 1. The van der Waals surface area contributed by atoms with Gasteiger partial charge in [-0.1, -0.05) is 48.5 Å². The van der Waals surface area contributed by atoms with Gasteiger partial charge in [0.05, 0.1) is 6.20 Å². The van der Waals surface area contributed by atoms with E-state index in [-0.39, 0.29) is 5.91 Å². The van der Waals surface area contributed by atoms with E-state index < -0.39 is 6.04 Å². The van der Waals surface area contributed by atoms with Crippen LogP contribution in [0.5, 0.6) is 0 Å². The van der Waals surface area contributed by atoms with Crippen LogP contribution in [0.2, 0.25) is 0 Å². The number of hydrogen-bond donors (Lipinski definition) is 1. The van der Waals surface area contributed by atoms with Crippen molar-refractivity contribution in [3.8, 4) is 0 Å². The first-order valence-electron chi connectivity index (χ1n) is 8.86. The molecule has 1 atom stereocenters. The van der Waals surface area contributed by atoms with Crippen LogP contribution in [0.25, 0.3) is 5.65 Å². The molecule has 27 heavy (non-hydrogen) atoms. The van der Waals surface area contributed by atoms with Crippen molar-refractivity contribution in [1.29, 1.82) is 0 Å². The van der Waals surface area contributed by atoms with Gasteiger partial charge in [-0.15, -0.1) is 0 Å². The van der Waals surface area contributed by atoms with Gasteiger partial charge < -0.3 is 9.84 Å². The Bertz CT molecular complexity index is 1050. The summed E-state index contributed by atoms with van der Waals surface area (Å²) >= 11 is 0. The molecule has 4 rings (SSSR count). The molecule has 0 unspecified atom stereocenters. The summed E-state index contributed by atoms with van der Waals surface area (Å²) in [6.07, 6.45) is 4.98. The lowest BCUT2D eigenvalue weighted by Gasteiger charge is -2.15. The summed E-state index contributed by atoms with van der Waals surface area (Å²) in [5, 5.41) is 7.10. The maximum atomic E-state index is 13.0. The molecular weight excluding hydrogens is 342 g/mol. The molecular formula is C20H19N5O2. The van der Waals surface area contributed by atoms with Gasteiger partial charge in [-0.05, 0) is 24.1 Å². The number of rotatable bonds is 6. The Morgan fingerprint density at radius 2 is 2.00 bits per heavy atom. The van der Waals surface area contributed by atoms with Crippen LogP contribution in [0, 0.1) is 0 Å². The predicted molar refractivity (Wildman–Crippen MR) is 99.2 cm³/mol. The zero-order chi connectivity index (χ0) is 18.6. The number of fused-ring (bicyclic) bond motifs is 1. The van der Waals surface area contributed by atoms with Gasteiger partial charge in [0.25, 0.3) is 5.91 Å². The second-order valence-electron chi connectivity index (χ2n) is 6.19. The van der Waals surface area contributed by atoms with Crippen molar-refractivity contribution < 1.29 is 9.32 Å². The fourth-order valence-corrected chi connectivity index (χ4v) is 2.95. The fourth-order valence-electron chi connectivity index (χ4n) is 2.95. The van der Waals surface area contributed by atoms with Crippen LogP contribution in [-0.4, -0.2) is 25.4 Å². The minimum atomic E-state index is -0.512. The van der Waals surface area contributed by atoms with Crippen molar-refractivity contribution in [2.24, 2.45) is 0 Å². The summed E-state index contributed by atoms with van der Waals surface area (Å²) in [6, 6.07) is 14.7. The Hall–Kier alpha value is -3.48. The number of carbonyl (C=O) groups is 1. The molecule has 0 bridgehead atoms. The highest BCUT2D eigenvalue weighted by molar-refractivity contribution is 5.93. The van der Waals surface area contributed by atoms with E-state index >= 15 is 0 Å². The van der Waals surface area contributed by atoms with E-state index in [4.69, 9.17) is 4.52 Å². The summed E-state index contributed by atoms with van der Waals surface area (Å²) in [5.41, 5.74) is 2.04. The number of amides is 1. The second kappa shape index (κ2) is 7.41. The van der Waals surface area contributed by atoms with Crippen LogP contribution in [0.1, 0.15) is 47.2 Å². The SMILES string of the molecule is CCCc1nc([C@H](NC(=O)c2cnc3ccccn23)c2ccccc2)no1. The lowest BCUT2D eigenvalue weighted by molar-refractivity contribution is 0.0935. The second-order valence-corrected chi connectivity index (χ2v) is 6.19. The van der Waals surface area contributed by atoms with Gasteiger partial charge in [0.2, 0.25) is 5.89 Å². The van der Waals surface area contributed by atoms with Crippen molar-refractivity contribution in [2.45, 2.75) is 25.8 Å². The number of pyridine rings is 1. The molecule has 1 amide bonds. The Balaban J connectivity index is 1.67. The maximum Gasteiger partial charge on any atom is 0.270 e. The smallest absolute Gasteiger partial charge is 0.270 e. The zero-order valence-electron chi connectivity index (χ0n) is 14.9. The summed E-state index contributed by atoms with van der Waals surface area (Å²) in [5.74, 6) is 0.744. The molecule has 0 saturated carbocycles. The maximum absolute atomic E-state index is 13.0. The van der Waals surface area contributed by atoms with Crippen LogP contribution in [0.4, 0.5) is 0 Å². The van der Waals surface area contributed by atoms with Crippen LogP contribution >= 0.6 is 0 Å². The van der Waals surface area contributed by atoms with Crippen molar-refractivity contribution in [2.75, 3.05) is 0 Å². The molecule has 0 aliphatic heterocycles. The third kappa shape index (κ3) is 3.44. The molecule has 4 aromatic rings. The molecule has 136 valence electrons. The molecule has 0 spiro atoms. The number of nitrogens with zero attached hydrogens (tertiary/aromatic N) is 4. The van der Waals surface area contributed by atoms with Crippen LogP contribution in [0.15, 0.2) is 65.4 Å². The standard InChI is InChI=1S/C20H19N5O2/c1-2-8-17-22-19(24-27-17)18(14-9-4-3-5-10-14)23-20(26)15-13-21-16-11-6-7-12-25(15)16/h3-7,9-13,18H,2,8H2,1H3,(H,23,26)/t18-/m1/s1. The molecule has 1 N–H and O–H groups in total. The Morgan fingerprint density at radius 3 is 2.81 bits per heavy atom. The third-order valence-electron chi connectivity index (χ3n) is 4.26. The van der Waals surface area contributed by atoms with Gasteiger partial charge in [0, 0.05) is 12.6 Å². The highest BCUT2D eigenvalue weighted by Gasteiger charge is 2.24. The van der Waals surface area contributed by atoms with Crippen LogP contribution < -0.4 is 5.32 Å². The predicted octanol–water partition coefficient (Wildman–Crippen LogP) is 3.19. The number of hydrogen-bond acceptors (Lipinski definition) is 5. The van der Waals surface area contributed by atoms with E-state index in [1.165, 1.54) is 0 Å². The third-order valence-corrected chi connectivity index (χ3v) is 4.26. The van der Waals surface area contributed by atoms with Gasteiger partial charge in [-0.25, -0.2) is 4.98 Å². The monoisotopic (exact) mass is 361 g/mol. The largest absolute Gasteiger partial charge is 0.339 e. The number of carbonyl (C=O) groups excluding carboxylic acids is 1. The molecule has 7 nitrogen and oxygen atoms in total. The van der Waals surface area contributed by atoms with Gasteiger partial charge in [-0.3, -0.25) is 9.20 Å². The summed E-state index contributed by atoms with van der Waals surface area (Å²) in [4.78, 5) is 21.7. The van der Waals surface area contributed by atoms with Gasteiger partial charge in [0.15, 0.2) is 5.82 Å². The lowest BCUT2D eigenvalue weighted by atomic mass is 10.1. The Kier molecular flexibility index (Phi) is 4.65. The molecule has 7 heteroatoms. The number of aryl methyl sites for hydroxylation is 1. The fraction of sp³-hybridized carbons (Fsp3) is 0.200. The van der Waals surface area contributed by atoms with Crippen LogP contribution in [-0.2, 0) is 6.42 Å². The van der Waals surface area contributed by atoms with Gasteiger partial charge in [0.1, 0.15) is 17.4 Å². The Labute approximate surface area is 156 Å². The van der Waals surface area contributed by atoms with E-state index in [9.17, 15) is 4.79 Å². The normalized spacial score (nSPS) is 12.2. The van der Waals surface area contributed by atoms with E-state index in [0.29, 0.717) is 29.5 Å². The van der Waals surface area contributed by atoms with Crippen molar-refractivity contribution >= 4 is 11.6 Å². The molecule has 0 fully saturated rings. The molecule has 3 heterocycles. The molecule has 0 radical (unpaired) electrons. The van der Waals surface area contributed by atoms with Crippen molar-refractivity contribution in [3.63, 3.8) is 0 Å². The van der Waals surface area contributed by atoms with E-state index in [0.717, 1.165) is 12.0 Å². The highest BCUT2D eigenvalue weighted by Crippen LogP contribution is 2.21. The molecule has 0 aliphatic carbocycles. The summed E-state index contributed by atoms with van der Waals surface area (Å²) < 4.78 is 7.07. The van der Waals surface area contributed by atoms with Crippen molar-refractivity contribution in [1.82, 2.24) is 24.8 Å². The number of nitrogens with one attached hydrogen (secondary N) is 1. The topological polar surface area (TPSA) is 85.3 Å². The molecule has 0 saturated heterocycles. The zero-order valence-corrected chi connectivity index (χ0v) is 14.9. The summed E-state index contributed by atoms with van der Waals surface area (Å²) in [7, 11) is 0. The molecule has 0 aliphatic rings. The summed E-state index contributed by atoms with van der Waals surface area (Å²) in [6.45, 7) is 2.05. The first kappa shape index (κ1) is 17.0. The van der Waals surface area contributed by atoms with E-state index in [1.807, 2.05) is 61.7 Å². The highest BCUT2D eigenvalue weighted by atomic mass is 16.5. The van der Waals surface area contributed by atoms with Gasteiger partial charge in [-0.2, -0.15) is 4.98 Å². The molecule has 1 aromatic carbocycles. The number of imidazole rings is 1. The van der Waals surface area contributed by atoms with Gasteiger partial charge >= 0.3 is 0 Å². The Morgan fingerprint density at radius 1 is 1.19 bits per heavy atom. The average molecular weight is 361 g/mol. The van der Waals surface area contributed by atoms with Crippen LogP contribution in [0.3, 0.4) is 0 Å². The first-order valence-corrected chi connectivity index (χ1v) is 8.86. The van der Waals surface area contributed by atoms with Crippen molar-refractivity contribution in [3.05, 3.63) is 83.9 Å². The minimum Gasteiger partial charge on any atom is -0.339 e. The van der Waals surface area contributed by atoms with E-state index in [2.05, 4.69) is 20.4 Å². The van der Waals surface area contributed by atoms with E-state index in [1.54, 1.807) is 10.6 Å². The minimum absolute atomic E-state index is 0.260. The number of aromatic nitrogens is 4. The molecule has 3 aromatic heterocycles.